The van der Waals surface area contributed by atoms with E-state index in [9.17, 15) is 9.59 Å². The van der Waals surface area contributed by atoms with E-state index in [0.717, 1.165) is 0 Å². The molecule has 1 fully saturated rings. The van der Waals surface area contributed by atoms with Gasteiger partial charge in [-0.05, 0) is 12.8 Å². The number of alkyl halides is 1. The van der Waals surface area contributed by atoms with E-state index in [1.54, 1.807) is 0 Å². The van der Waals surface area contributed by atoms with Crippen molar-refractivity contribution in [2.75, 3.05) is 0 Å². The van der Waals surface area contributed by atoms with Crippen LogP contribution in [-0.4, -0.2) is 27.0 Å². The van der Waals surface area contributed by atoms with Crippen molar-refractivity contribution < 1.29 is 19.8 Å². The standard InChI is InChI=1S/C6H7BrO4/c7-3-1-6(2-3,4(8)9)5(10)11/h3H,1-2H2,(H,8,9)(H,10,11). The van der Waals surface area contributed by atoms with Gasteiger partial charge in [-0.3, -0.25) is 9.59 Å². The number of aliphatic carboxylic acids is 2. The summed E-state index contributed by atoms with van der Waals surface area (Å²) in [5, 5.41) is 17.1. The second-order valence-corrected chi connectivity index (χ2v) is 3.99. The van der Waals surface area contributed by atoms with Gasteiger partial charge in [0, 0.05) is 4.83 Å². The Morgan fingerprint density at radius 1 is 1.27 bits per heavy atom. The van der Waals surface area contributed by atoms with Crippen molar-refractivity contribution in [2.24, 2.45) is 5.41 Å². The Morgan fingerprint density at radius 2 is 1.64 bits per heavy atom. The molecule has 0 bridgehead atoms. The zero-order chi connectivity index (χ0) is 8.65. The zero-order valence-corrected chi connectivity index (χ0v) is 7.17. The number of hydrogen-bond donors (Lipinski definition) is 2. The Labute approximate surface area is 71.3 Å². The first-order chi connectivity index (χ1) is 4.99. The molecule has 0 saturated heterocycles. The molecule has 0 unspecified atom stereocenters. The first-order valence-electron chi connectivity index (χ1n) is 3.10. The van der Waals surface area contributed by atoms with Crippen LogP contribution < -0.4 is 0 Å². The lowest BCUT2D eigenvalue weighted by Gasteiger charge is -2.37. The van der Waals surface area contributed by atoms with Crippen LogP contribution in [0.2, 0.25) is 0 Å². The van der Waals surface area contributed by atoms with Gasteiger partial charge >= 0.3 is 11.9 Å². The lowest BCUT2D eigenvalue weighted by molar-refractivity contribution is -0.170. The molecule has 11 heavy (non-hydrogen) atoms. The summed E-state index contributed by atoms with van der Waals surface area (Å²) in [7, 11) is 0. The minimum atomic E-state index is -1.52. The number of carboxylic acid groups (broad SMARTS) is 2. The number of carboxylic acids is 2. The first kappa shape index (κ1) is 8.52. The fourth-order valence-electron chi connectivity index (χ4n) is 1.14. The van der Waals surface area contributed by atoms with Gasteiger partial charge in [0.15, 0.2) is 5.41 Å². The largest absolute Gasteiger partial charge is 0.480 e. The van der Waals surface area contributed by atoms with Crippen molar-refractivity contribution in [1.29, 1.82) is 0 Å². The van der Waals surface area contributed by atoms with E-state index in [0.29, 0.717) is 0 Å². The third-order valence-electron chi connectivity index (χ3n) is 1.96. The maximum Gasteiger partial charge on any atom is 0.321 e. The summed E-state index contributed by atoms with van der Waals surface area (Å²) < 4.78 is 0. The van der Waals surface area contributed by atoms with E-state index in [1.807, 2.05) is 0 Å². The fourth-order valence-corrected chi connectivity index (χ4v) is 2.24. The highest BCUT2D eigenvalue weighted by molar-refractivity contribution is 9.09. The quantitative estimate of drug-likeness (QED) is 0.533. The van der Waals surface area contributed by atoms with Crippen LogP contribution in [0.4, 0.5) is 0 Å². The molecule has 1 rings (SSSR count). The highest BCUT2D eigenvalue weighted by Crippen LogP contribution is 2.45. The second kappa shape index (κ2) is 2.48. The summed E-state index contributed by atoms with van der Waals surface area (Å²) in [5.41, 5.74) is -1.52. The molecule has 0 aromatic carbocycles. The molecule has 0 aromatic heterocycles. The van der Waals surface area contributed by atoms with Crippen molar-refractivity contribution in [3.63, 3.8) is 0 Å². The van der Waals surface area contributed by atoms with Gasteiger partial charge in [-0.15, -0.1) is 0 Å². The Balaban J connectivity index is 2.77. The molecule has 0 aliphatic heterocycles. The number of hydrogen-bond acceptors (Lipinski definition) is 2. The summed E-state index contributed by atoms with van der Waals surface area (Å²) in [5.74, 6) is -2.47. The van der Waals surface area contributed by atoms with Crippen LogP contribution in [0.3, 0.4) is 0 Å². The highest BCUT2D eigenvalue weighted by atomic mass is 79.9. The molecule has 1 saturated carbocycles. The van der Waals surface area contributed by atoms with E-state index >= 15 is 0 Å². The predicted octanol–water partition coefficient (Wildman–Crippen LogP) is 0.699. The van der Waals surface area contributed by atoms with E-state index in [2.05, 4.69) is 15.9 Å². The lowest BCUT2D eigenvalue weighted by atomic mass is 9.69. The molecular formula is C6H7BrO4. The Kier molecular flexibility index (Phi) is 1.92. The van der Waals surface area contributed by atoms with E-state index < -0.39 is 17.4 Å². The van der Waals surface area contributed by atoms with E-state index in [-0.39, 0.29) is 17.7 Å². The molecule has 4 nitrogen and oxygen atoms in total. The van der Waals surface area contributed by atoms with Crippen LogP contribution in [-0.2, 0) is 9.59 Å². The summed E-state index contributed by atoms with van der Waals surface area (Å²) >= 11 is 3.15. The number of halogens is 1. The van der Waals surface area contributed by atoms with Gasteiger partial charge in [0.1, 0.15) is 0 Å². The maximum absolute atomic E-state index is 10.5. The highest BCUT2D eigenvalue weighted by Gasteiger charge is 2.56. The molecule has 0 amide bonds. The smallest absolute Gasteiger partial charge is 0.321 e. The average Bonchev–Trinajstić information content (AvgIpc) is 1.78. The summed E-state index contributed by atoms with van der Waals surface area (Å²) in [6.45, 7) is 0. The van der Waals surface area contributed by atoms with Gasteiger partial charge in [0.2, 0.25) is 0 Å². The van der Waals surface area contributed by atoms with Crippen LogP contribution in [0.5, 0.6) is 0 Å². The van der Waals surface area contributed by atoms with E-state index in [1.165, 1.54) is 0 Å². The molecule has 62 valence electrons. The van der Waals surface area contributed by atoms with Gasteiger partial charge in [0.05, 0.1) is 0 Å². The monoisotopic (exact) mass is 222 g/mol. The SMILES string of the molecule is O=C(O)C1(C(=O)O)CC(Br)C1. The molecule has 1 aliphatic carbocycles. The van der Waals surface area contributed by atoms with E-state index in [4.69, 9.17) is 10.2 Å². The third-order valence-corrected chi connectivity index (χ3v) is 2.61. The summed E-state index contributed by atoms with van der Waals surface area (Å²) in [4.78, 5) is 21.0. The van der Waals surface area contributed by atoms with Gasteiger partial charge in [0.25, 0.3) is 0 Å². The Hall–Kier alpha value is -0.580. The normalized spacial score (nSPS) is 22.3. The second-order valence-electron chi connectivity index (χ2n) is 2.70. The van der Waals surface area contributed by atoms with Crippen LogP contribution >= 0.6 is 15.9 Å². The van der Waals surface area contributed by atoms with Gasteiger partial charge in [-0.2, -0.15) is 0 Å². The van der Waals surface area contributed by atoms with Crippen molar-refractivity contribution >= 4 is 27.9 Å². The van der Waals surface area contributed by atoms with Crippen LogP contribution in [0.1, 0.15) is 12.8 Å². The number of rotatable bonds is 2. The van der Waals surface area contributed by atoms with Crippen molar-refractivity contribution in [3.05, 3.63) is 0 Å². The lowest BCUT2D eigenvalue weighted by Crippen LogP contribution is -2.50. The Morgan fingerprint density at radius 3 is 1.73 bits per heavy atom. The summed E-state index contributed by atoms with van der Waals surface area (Å²) in [6.07, 6.45) is 0.356. The minimum Gasteiger partial charge on any atom is -0.480 e. The molecule has 1 aliphatic rings. The molecular weight excluding hydrogens is 216 g/mol. The average molecular weight is 223 g/mol. The van der Waals surface area contributed by atoms with Crippen LogP contribution in [0.15, 0.2) is 0 Å². The Bertz CT molecular complexity index is 191. The molecule has 0 heterocycles. The zero-order valence-electron chi connectivity index (χ0n) is 5.58. The number of carbonyl (C=O) groups is 2. The molecule has 0 radical (unpaired) electrons. The van der Waals surface area contributed by atoms with Gasteiger partial charge in [-0.1, -0.05) is 15.9 Å². The van der Waals surface area contributed by atoms with Gasteiger partial charge < -0.3 is 10.2 Å². The van der Waals surface area contributed by atoms with Crippen molar-refractivity contribution in [3.8, 4) is 0 Å². The van der Waals surface area contributed by atoms with Crippen LogP contribution in [0.25, 0.3) is 0 Å². The molecule has 5 heteroatoms. The topological polar surface area (TPSA) is 74.6 Å². The fraction of sp³-hybridized carbons (Fsp3) is 0.667. The maximum atomic E-state index is 10.5. The van der Waals surface area contributed by atoms with Gasteiger partial charge in [-0.25, -0.2) is 0 Å². The minimum absolute atomic E-state index is 0.0368. The molecule has 0 aromatic rings. The third kappa shape index (κ3) is 1.13. The summed E-state index contributed by atoms with van der Waals surface area (Å²) in [6, 6.07) is 0. The first-order valence-corrected chi connectivity index (χ1v) is 4.01. The van der Waals surface area contributed by atoms with Crippen molar-refractivity contribution in [2.45, 2.75) is 17.7 Å². The van der Waals surface area contributed by atoms with Crippen LogP contribution in [0, 0.1) is 5.41 Å². The van der Waals surface area contributed by atoms with Crippen molar-refractivity contribution in [1.82, 2.24) is 0 Å². The molecule has 2 N–H and O–H groups in total. The molecule has 0 spiro atoms. The molecule has 0 atom stereocenters. The predicted molar refractivity (Wildman–Crippen MR) is 39.7 cm³/mol.